The molecule has 1 saturated heterocycles. The zero-order valence-electron chi connectivity index (χ0n) is 24.6. The monoisotopic (exact) mass is 882 g/mol. The van der Waals surface area contributed by atoms with Crippen molar-refractivity contribution in [1.82, 2.24) is 0 Å². The van der Waals surface area contributed by atoms with Crippen LogP contribution in [0.15, 0.2) is 86.2 Å². The zero-order chi connectivity index (χ0) is 32.9. The summed E-state index contributed by atoms with van der Waals surface area (Å²) in [5.74, 6) is 0.228. The molecule has 4 atom stereocenters. The molecule has 3 aromatic carbocycles. The van der Waals surface area contributed by atoms with Gasteiger partial charge in [-0.15, -0.1) is 34.0 Å². The Hall–Kier alpha value is -2.61. The van der Waals surface area contributed by atoms with Gasteiger partial charge in [-0.05, 0) is 83.6 Å². The van der Waals surface area contributed by atoms with E-state index in [0.29, 0.717) is 13.0 Å². The normalized spacial score (nSPS) is 23.1. The lowest BCUT2D eigenvalue weighted by Gasteiger charge is -2.05. The number of esters is 1. The Labute approximate surface area is 316 Å². The van der Waals surface area contributed by atoms with Crippen molar-refractivity contribution >= 4 is 118 Å². The number of carbonyl (C=O) groups excluding carboxylic acids is 1. The summed E-state index contributed by atoms with van der Waals surface area (Å²) in [6, 6.07) is 29.5. The van der Waals surface area contributed by atoms with Crippen molar-refractivity contribution in [3.8, 4) is 12.1 Å². The maximum absolute atomic E-state index is 11.4. The van der Waals surface area contributed by atoms with Crippen LogP contribution in [-0.4, -0.2) is 24.3 Å². The van der Waals surface area contributed by atoms with Gasteiger partial charge in [0.25, 0.3) is 0 Å². The second-order valence-corrected chi connectivity index (χ2v) is 18.1. The van der Waals surface area contributed by atoms with Gasteiger partial charge in [-0.25, -0.2) is 0 Å². The van der Waals surface area contributed by atoms with Crippen LogP contribution in [0.5, 0.6) is 0 Å². The first-order valence-electron chi connectivity index (χ1n) is 14.8. The quantitative estimate of drug-likeness (QED) is 0.178. The van der Waals surface area contributed by atoms with E-state index in [-0.39, 0.29) is 37.3 Å². The highest BCUT2D eigenvalue weighted by Gasteiger charge is 2.66. The maximum atomic E-state index is 11.4. The highest BCUT2D eigenvalue weighted by atomic mass is 79.9. The molecule has 0 radical (unpaired) electrons. The molecule has 4 unspecified atom stereocenters. The van der Waals surface area contributed by atoms with Crippen LogP contribution in [0.3, 0.4) is 0 Å². The topological polar surface area (TPSA) is 94.1 Å². The molecule has 1 N–H and O–H groups in total. The second-order valence-electron chi connectivity index (χ2n) is 12.0. The Kier molecular flexibility index (Phi) is 10.2. The third-order valence-corrected chi connectivity index (χ3v) is 14.2. The third kappa shape index (κ3) is 6.64. The molecule has 3 aromatic heterocycles. The molecule has 6 aromatic rings. The highest BCUT2D eigenvalue weighted by Crippen LogP contribution is 2.61. The standard InChI is InChI=1S/C13H10BrNOS.C13H9BrO2S.C10H6BrNS.CH4/c14-10-2-1-8-3-12(17-11(8)4-10)13(7-15)5-9(13)6-16;14-8-2-1-7-3-11(17-10(7)4-8)13-5-9(13)12(15)16-6-13;11-8-2-1-7-5-9(3-4-12)13-10(7)6-8;/h1-4,9,16H,5-6H2;1-4,9H,5-6H2;1-2,5-6H,3H2;1H4. The number of benzene rings is 3. The molecule has 244 valence electrons. The number of aliphatic hydroxyl groups is 1. The Balaban J connectivity index is 0.000000126. The lowest BCUT2D eigenvalue weighted by atomic mass is 10.0. The predicted octanol–water partition coefficient (Wildman–Crippen LogP) is 11.3. The van der Waals surface area contributed by atoms with Crippen LogP contribution in [0.4, 0.5) is 0 Å². The van der Waals surface area contributed by atoms with E-state index in [1.165, 1.54) is 35.1 Å². The number of nitrogens with zero attached hydrogens (tertiary/aromatic N) is 2. The number of carbonyl (C=O) groups is 1. The van der Waals surface area contributed by atoms with Gasteiger partial charge >= 0.3 is 5.97 Å². The first-order chi connectivity index (χ1) is 22.7. The van der Waals surface area contributed by atoms with Gasteiger partial charge in [0.1, 0.15) is 6.61 Å². The lowest BCUT2D eigenvalue weighted by Crippen LogP contribution is -2.08. The fourth-order valence-electron chi connectivity index (χ4n) is 6.16. The molecular formula is C37H29Br3N2O3S3. The predicted molar refractivity (Wildman–Crippen MR) is 208 cm³/mol. The van der Waals surface area contributed by atoms with Crippen molar-refractivity contribution in [3.63, 3.8) is 0 Å². The SMILES string of the molecule is C.N#CC1(c2cc3ccc(Br)cc3s2)CC1CO.N#CCc1cc2ccc(Br)cc2s1.O=C1OCC2(c3cc4ccc(Br)cc4s3)CC12. The van der Waals surface area contributed by atoms with Crippen molar-refractivity contribution in [2.24, 2.45) is 11.8 Å². The first-order valence-corrected chi connectivity index (χ1v) is 19.6. The van der Waals surface area contributed by atoms with Gasteiger partial charge in [-0.2, -0.15) is 10.5 Å². The Morgan fingerprint density at radius 1 is 0.792 bits per heavy atom. The number of nitriles is 2. The Morgan fingerprint density at radius 2 is 1.33 bits per heavy atom. The minimum Gasteiger partial charge on any atom is -0.464 e. The molecule has 48 heavy (non-hydrogen) atoms. The molecule has 11 heteroatoms. The summed E-state index contributed by atoms with van der Waals surface area (Å²) >= 11 is 15.5. The van der Waals surface area contributed by atoms with Crippen molar-refractivity contribution in [1.29, 1.82) is 10.5 Å². The lowest BCUT2D eigenvalue weighted by molar-refractivity contribution is -0.141. The van der Waals surface area contributed by atoms with Crippen molar-refractivity contribution < 1.29 is 14.6 Å². The van der Waals surface area contributed by atoms with E-state index >= 15 is 0 Å². The largest absolute Gasteiger partial charge is 0.464 e. The van der Waals surface area contributed by atoms with Crippen LogP contribution in [-0.2, 0) is 26.8 Å². The second kappa shape index (κ2) is 14.0. The van der Waals surface area contributed by atoms with Gasteiger partial charge in [0, 0.05) is 54.7 Å². The van der Waals surface area contributed by atoms with E-state index in [1.54, 1.807) is 34.0 Å². The summed E-state index contributed by atoms with van der Waals surface area (Å²) < 4.78 is 12.1. The third-order valence-electron chi connectivity index (χ3n) is 9.04. The number of fused-ring (bicyclic) bond motifs is 4. The molecule has 3 fully saturated rings. The van der Waals surface area contributed by atoms with Crippen LogP contribution >= 0.6 is 81.8 Å². The maximum Gasteiger partial charge on any atom is 0.310 e. The summed E-state index contributed by atoms with van der Waals surface area (Å²) in [6.07, 6.45) is 2.27. The zero-order valence-corrected chi connectivity index (χ0v) is 31.8. The van der Waals surface area contributed by atoms with Gasteiger partial charge in [0.05, 0.1) is 35.3 Å². The molecule has 4 heterocycles. The van der Waals surface area contributed by atoms with E-state index in [4.69, 9.17) is 10.00 Å². The minimum absolute atomic E-state index is 0. The molecular weight excluding hydrogens is 856 g/mol. The van der Waals surface area contributed by atoms with Gasteiger partial charge in [-0.3, -0.25) is 4.79 Å². The smallest absolute Gasteiger partial charge is 0.310 e. The van der Waals surface area contributed by atoms with Crippen LogP contribution in [0.25, 0.3) is 30.3 Å². The fourth-order valence-corrected chi connectivity index (χ4v) is 11.4. The Bertz CT molecular complexity index is 2260. The molecule has 5 nitrogen and oxygen atoms in total. The van der Waals surface area contributed by atoms with E-state index in [9.17, 15) is 15.2 Å². The molecule has 1 aliphatic heterocycles. The van der Waals surface area contributed by atoms with Crippen LogP contribution < -0.4 is 0 Å². The number of hydrogen-bond acceptors (Lipinski definition) is 8. The van der Waals surface area contributed by atoms with Crippen LogP contribution in [0.2, 0.25) is 0 Å². The number of rotatable bonds is 4. The average Bonchev–Trinajstić information content (AvgIpc) is 3.67. The molecule has 0 amide bonds. The summed E-state index contributed by atoms with van der Waals surface area (Å²) in [5, 5.41) is 30.7. The summed E-state index contributed by atoms with van der Waals surface area (Å²) in [4.78, 5) is 15.0. The molecule has 2 aliphatic carbocycles. The summed E-state index contributed by atoms with van der Waals surface area (Å²) in [7, 11) is 0. The van der Waals surface area contributed by atoms with Gasteiger partial charge in [0.2, 0.25) is 0 Å². The molecule has 0 bridgehead atoms. The van der Waals surface area contributed by atoms with Gasteiger partial charge in [0.15, 0.2) is 0 Å². The van der Waals surface area contributed by atoms with Crippen molar-refractivity contribution in [2.75, 3.05) is 13.2 Å². The van der Waals surface area contributed by atoms with Gasteiger partial charge < -0.3 is 9.84 Å². The van der Waals surface area contributed by atoms with Crippen molar-refractivity contribution in [3.05, 3.63) is 101 Å². The first kappa shape index (κ1) is 35.2. The molecule has 0 spiro atoms. The number of halogens is 3. The number of ether oxygens (including phenoxy) is 1. The van der Waals surface area contributed by atoms with E-state index < -0.39 is 5.41 Å². The summed E-state index contributed by atoms with van der Waals surface area (Å²) in [6.45, 7) is 0.677. The van der Waals surface area contributed by atoms with E-state index in [2.05, 4.69) is 121 Å². The van der Waals surface area contributed by atoms with E-state index in [1.807, 2.05) is 12.1 Å². The minimum atomic E-state index is -0.426. The van der Waals surface area contributed by atoms with Gasteiger partial charge in [-0.1, -0.05) is 73.4 Å². The van der Waals surface area contributed by atoms with Crippen molar-refractivity contribution in [2.45, 2.75) is 37.5 Å². The summed E-state index contributed by atoms with van der Waals surface area (Å²) in [5.41, 5.74) is -0.405. The van der Waals surface area contributed by atoms with Crippen LogP contribution in [0, 0.1) is 34.5 Å². The molecule has 9 rings (SSSR count). The Morgan fingerprint density at radius 3 is 1.81 bits per heavy atom. The van der Waals surface area contributed by atoms with E-state index in [0.717, 1.165) is 36.0 Å². The fraction of sp³-hybridized carbons (Fsp3) is 0.270. The average molecular weight is 886 g/mol. The number of aliphatic hydroxyl groups excluding tert-OH is 1. The molecule has 3 aliphatic rings. The number of thiophene rings is 3. The van der Waals surface area contributed by atoms with Crippen LogP contribution in [0.1, 0.15) is 34.9 Å². The molecule has 2 saturated carbocycles. The highest BCUT2D eigenvalue weighted by molar-refractivity contribution is 9.11. The number of hydrogen-bond donors (Lipinski definition) is 1. The number of cyclic esters (lactones) is 1.